The molecule has 1 heterocycles. The van der Waals surface area contributed by atoms with Gasteiger partial charge in [0, 0.05) is 12.6 Å². The molecular weight excluding hydrogens is 204 g/mol. The van der Waals surface area contributed by atoms with E-state index in [1.165, 1.54) is 0 Å². The first-order valence-corrected chi connectivity index (χ1v) is 6.21. The molecule has 0 saturated carbocycles. The van der Waals surface area contributed by atoms with Gasteiger partial charge in [0.1, 0.15) is 0 Å². The third-order valence-electron chi connectivity index (χ3n) is 1.97. The Kier molecular flexibility index (Phi) is 3.51. The Labute approximate surface area is 83.5 Å². The molecule has 6 heteroatoms. The number of hydrogen-bond acceptors (Lipinski definition) is 3. The smallest absolute Gasteiger partial charge is 0.315 e. The van der Waals surface area contributed by atoms with Crippen LogP contribution in [0.25, 0.3) is 0 Å². The van der Waals surface area contributed by atoms with Gasteiger partial charge in [0.05, 0.1) is 11.5 Å². The van der Waals surface area contributed by atoms with Gasteiger partial charge in [0.25, 0.3) is 0 Å². The molecule has 1 aliphatic heterocycles. The molecule has 2 amide bonds. The molecule has 1 atom stereocenters. The molecule has 0 unspecified atom stereocenters. The molecule has 0 aromatic rings. The van der Waals surface area contributed by atoms with Gasteiger partial charge in [-0.05, 0) is 6.42 Å². The first-order chi connectivity index (χ1) is 6.53. The van der Waals surface area contributed by atoms with Crippen molar-refractivity contribution in [1.82, 2.24) is 10.6 Å². The van der Waals surface area contributed by atoms with Gasteiger partial charge in [-0.2, -0.15) is 0 Å². The van der Waals surface area contributed by atoms with Crippen molar-refractivity contribution >= 4 is 15.9 Å². The molecule has 0 radical (unpaired) electrons. The van der Waals surface area contributed by atoms with Crippen LogP contribution in [-0.4, -0.2) is 38.5 Å². The summed E-state index contributed by atoms with van der Waals surface area (Å²) in [6, 6.07) is -0.586. The van der Waals surface area contributed by atoms with Gasteiger partial charge in [-0.15, -0.1) is 6.58 Å². The topological polar surface area (TPSA) is 75.3 Å². The average molecular weight is 218 g/mol. The minimum absolute atomic E-state index is 0.0501. The zero-order chi connectivity index (χ0) is 10.6. The van der Waals surface area contributed by atoms with E-state index in [2.05, 4.69) is 17.2 Å². The van der Waals surface area contributed by atoms with Gasteiger partial charge in [0.15, 0.2) is 9.84 Å². The Hall–Kier alpha value is -1.04. The fraction of sp³-hybridized carbons (Fsp3) is 0.625. The van der Waals surface area contributed by atoms with E-state index in [0.717, 1.165) is 0 Å². The van der Waals surface area contributed by atoms with Crippen LogP contribution in [0.15, 0.2) is 12.7 Å². The predicted molar refractivity (Wildman–Crippen MR) is 53.8 cm³/mol. The largest absolute Gasteiger partial charge is 0.335 e. The Morgan fingerprint density at radius 3 is 2.79 bits per heavy atom. The summed E-state index contributed by atoms with van der Waals surface area (Å²) in [4.78, 5) is 11.1. The molecule has 1 aliphatic rings. The lowest BCUT2D eigenvalue weighted by Crippen LogP contribution is -2.42. The molecule has 1 saturated heterocycles. The van der Waals surface area contributed by atoms with E-state index < -0.39 is 9.84 Å². The van der Waals surface area contributed by atoms with Crippen LogP contribution >= 0.6 is 0 Å². The number of rotatable bonds is 3. The van der Waals surface area contributed by atoms with E-state index >= 15 is 0 Å². The number of sulfone groups is 1. The minimum atomic E-state index is -2.92. The van der Waals surface area contributed by atoms with Crippen molar-refractivity contribution in [1.29, 1.82) is 0 Å². The van der Waals surface area contributed by atoms with Gasteiger partial charge in [-0.1, -0.05) is 6.08 Å². The molecule has 0 aliphatic carbocycles. The predicted octanol–water partition coefficient (Wildman–Crippen LogP) is -0.341. The number of nitrogens with one attached hydrogen (secondary N) is 2. The van der Waals surface area contributed by atoms with E-state index in [9.17, 15) is 13.2 Å². The standard InChI is InChI=1S/C8H14N2O3S/c1-2-4-9-8(11)10-7-3-5-14(12,13)6-7/h2,7H,1,3-6H2,(H2,9,10,11)/t7-/m0/s1. The van der Waals surface area contributed by atoms with Crippen LogP contribution in [0, 0.1) is 0 Å². The number of amides is 2. The summed E-state index contributed by atoms with van der Waals surface area (Å²) in [6.07, 6.45) is 2.06. The van der Waals surface area contributed by atoms with Crippen molar-refractivity contribution in [3.8, 4) is 0 Å². The van der Waals surface area contributed by atoms with Crippen molar-refractivity contribution < 1.29 is 13.2 Å². The summed E-state index contributed by atoms with van der Waals surface area (Å²) >= 11 is 0. The van der Waals surface area contributed by atoms with Crippen molar-refractivity contribution in [2.45, 2.75) is 12.5 Å². The number of carbonyl (C=O) groups is 1. The van der Waals surface area contributed by atoms with Crippen molar-refractivity contribution in [3.05, 3.63) is 12.7 Å². The second-order valence-electron chi connectivity index (χ2n) is 3.24. The Morgan fingerprint density at radius 2 is 2.29 bits per heavy atom. The maximum atomic E-state index is 11.1. The molecule has 1 rings (SSSR count). The highest BCUT2D eigenvalue weighted by molar-refractivity contribution is 7.91. The molecule has 80 valence electrons. The van der Waals surface area contributed by atoms with Crippen molar-refractivity contribution in [2.24, 2.45) is 0 Å². The second-order valence-corrected chi connectivity index (χ2v) is 5.47. The van der Waals surface area contributed by atoms with Crippen LogP contribution in [0.2, 0.25) is 0 Å². The van der Waals surface area contributed by atoms with Crippen LogP contribution in [0.1, 0.15) is 6.42 Å². The maximum Gasteiger partial charge on any atom is 0.315 e. The van der Waals surface area contributed by atoms with E-state index in [1.54, 1.807) is 6.08 Å². The lowest BCUT2D eigenvalue weighted by molar-refractivity contribution is 0.239. The highest BCUT2D eigenvalue weighted by Crippen LogP contribution is 2.10. The summed E-state index contributed by atoms with van der Waals surface area (Å²) in [5, 5.41) is 5.12. The second kappa shape index (κ2) is 4.45. The monoisotopic (exact) mass is 218 g/mol. The fourth-order valence-corrected chi connectivity index (χ4v) is 2.98. The van der Waals surface area contributed by atoms with Gasteiger partial charge in [-0.25, -0.2) is 13.2 Å². The minimum Gasteiger partial charge on any atom is -0.335 e. The summed E-state index contributed by atoms with van der Waals surface area (Å²) in [7, 11) is -2.92. The SMILES string of the molecule is C=CCNC(=O)N[C@H]1CCS(=O)(=O)C1. The zero-order valence-corrected chi connectivity index (χ0v) is 8.64. The van der Waals surface area contributed by atoms with E-state index in [1.807, 2.05) is 0 Å². The highest BCUT2D eigenvalue weighted by atomic mass is 32.2. The van der Waals surface area contributed by atoms with E-state index in [0.29, 0.717) is 13.0 Å². The molecule has 0 aromatic heterocycles. The normalized spacial score (nSPS) is 24.1. The Bertz CT molecular complexity index is 323. The average Bonchev–Trinajstić information content (AvgIpc) is 2.42. The van der Waals surface area contributed by atoms with Gasteiger partial charge < -0.3 is 10.6 Å². The Balaban J connectivity index is 2.32. The van der Waals surface area contributed by atoms with Crippen molar-refractivity contribution in [3.63, 3.8) is 0 Å². The first kappa shape index (κ1) is 11.0. The van der Waals surface area contributed by atoms with E-state index in [4.69, 9.17) is 0 Å². The van der Waals surface area contributed by atoms with Crippen LogP contribution in [0.3, 0.4) is 0 Å². The van der Waals surface area contributed by atoms with Crippen LogP contribution in [0.5, 0.6) is 0 Å². The molecule has 5 nitrogen and oxygen atoms in total. The first-order valence-electron chi connectivity index (χ1n) is 4.39. The van der Waals surface area contributed by atoms with Gasteiger partial charge in [-0.3, -0.25) is 0 Å². The number of hydrogen-bond donors (Lipinski definition) is 2. The molecule has 1 fully saturated rings. The zero-order valence-electron chi connectivity index (χ0n) is 7.82. The lowest BCUT2D eigenvalue weighted by atomic mass is 10.3. The Morgan fingerprint density at radius 1 is 1.57 bits per heavy atom. The number of carbonyl (C=O) groups excluding carboxylic acids is 1. The molecule has 0 spiro atoms. The highest BCUT2D eigenvalue weighted by Gasteiger charge is 2.28. The fourth-order valence-electron chi connectivity index (χ4n) is 1.31. The molecule has 14 heavy (non-hydrogen) atoms. The maximum absolute atomic E-state index is 11.1. The molecular formula is C8H14N2O3S. The van der Waals surface area contributed by atoms with E-state index in [-0.39, 0.29) is 23.6 Å². The summed E-state index contributed by atoms with van der Waals surface area (Å²) in [5.41, 5.74) is 0. The lowest BCUT2D eigenvalue weighted by Gasteiger charge is -2.10. The van der Waals surface area contributed by atoms with Crippen molar-refractivity contribution in [2.75, 3.05) is 18.1 Å². The van der Waals surface area contributed by atoms with Gasteiger partial charge in [0.2, 0.25) is 0 Å². The quantitative estimate of drug-likeness (QED) is 0.636. The third kappa shape index (κ3) is 3.37. The summed E-state index contributed by atoms with van der Waals surface area (Å²) < 4.78 is 22.1. The molecule has 2 N–H and O–H groups in total. The molecule has 0 aromatic carbocycles. The van der Waals surface area contributed by atoms with Gasteiger partial charge >= 0.3 is 6.03 Å². The summed E-state index contributed by atoms with van der Waals surface area (Å²) in [5.74, 6) is 0.216. The van der Waals surface area contributed by atoms with Crippen LogP contribution in [-0.2, 0) is 9.84 Å². The number of urea groups is 1. The van der Waals surface area contributed by atoms with Crippen LogP contribution in [0.4, 0.5) is 4.79 Å². The van der Waals surface area contributed by atoms with Crippen LogP contribution < -0.4 is 10.6 Å². The molecule has 0 bridgehead atoms. The third-order valence-corrected chi connectivity index (χ3v) is 3.74. The summed E-state index contributed by atoms with van der Waals surface area (Å²) in [6.45, 7) is 3.83.